The van der Waals surface area contributed by atoms with Crippen LogP contribution < -0.4 is 4.74 Å². The van der Waals surface area contributed by atoms with E-state index in [-0.39, 0.29) is 10.8 Å². The normalized spacial score (nSPS) is 16.3. The van der Waals surface area contributed by atoms with Crippen LogP contribution in [-0.4, -0.2) is 45.2 Å². The summed E-state index contributed by atoms with van der Waals surface area (Å²) in [7, 11) is -3.18. The molecule has 1 amide bonds. The molecule has 0 radical (unpaired) electrons. The van der Waals surface area contributed by atoms with Crippen molar-refractivity contribution in [1.29, 1.82) is 0 Å². The number of rotatable bonds is 6. The Labute approximate surface area is 138 Å². The first-order chi connectivity index (χ1) is 10.9. The number of likely N-dealkylation sites (tertiary alicyclic amines) is 1. The fourth-order valence-electron chi connectivity index (χ4n) is 2.61. The van der Waals surface area contributed by atoms with Crippen molar-refractivity contribution in [3.05, 3.63) is 24.3 Å². The predicted molar refractivity (Wildman–Crippen MR) is 89.3 cm³/mol. The summed E-state index contributed by atoms with van der Waals surface area (Å²) in [5.74, 6) is 1.54. The van der Waals surface area contributed by atoms with Crippen molar-refractivity contribution < 1.29 is 17.9 Å². The molecule has 1 aromatic carbocycles. The summed E-state index contributed by atoms with van der Waals surface area (Å²) in [5, 5.41) is 0. The Morgan fingerprint density at radius 2 is 1.83 bits per heavy atom. The average Bonchev–Trinajstić information content (AvgIpc) is 2.51. The maximum absolute atomic E-state index is 12.1. The van der Waals surface area contributed by atoms with Crippen LogP contribution in [0.25, 0.3) is 0 Å². The molecule has 0 bridgehead atoms. The van der Waals surface area contributed by atoms with Crippen LogP contribution in [0.15, 0.2) is 29.2 Å². The maximum Gasteiger partial charge on any atom is 0.222 e. The van der Waals surface area contributed by atoms with Crippen LogP contribution in [0, 0.1) is 5.92 Å². The Balaban J connectivity index is 1.70. The number of carbonyl (C=O) groups is 1. The zero-order chi connectivity index (χ0) is 16.9. The summed E-state index contributed by atoms with van der Waals surface area (Å²) in [4.78, 5) is 14.3. The Morgan fingerprint density at radius 1 is 1.22 bits per heavy atom. The van der Waals surface area contributed by atoms with Crippen LogP contribution in [0.3, 0.4) is 0 Å². The standard InChI is InChI=1S/C17H25NO4S/c1-14-9-11-18(12-10-14)17(19)4-3-13-22-15-5-7-16(8-6-15)23(2,20)21/h5-8,14H,3-4,9-13H2,1-2H3. The zero-order valence-electron chi connectivity index (χ0n) is 13.8. The van der Waals surface area contributed by atoms with Gasteiger partial charge in [-0.25, -0.2) is 8.42 Å². The van der Waals surface area contributed by atoms with Gasteiger partial charge in [-0.1, -0.05) is 6.92 Å². The molecule has 0 atom stereocenters. The van der Waals surface area contributed by atoms with Gasteiger partial charge >= 0.3 is 0 Å². The number of hydrogen-bond acceptors (Lipinski definition) is 4. The first-order valence-electron chi connectivity index (χ1n) is 8.07. The van der Waals surface area contributed by atoms with Crippen LogP contribution in [0.5, 0.6) is 5.75 Å². The van der Waals surface area contributed by atoms with Gasteiger partial charge in [0.2, 0.25) is 5.91 Å². The summed E-state index contributed by atoms with van der Waals surface area (Å²) in [6, 6.07) is 6.35. The highest BCUT2D eigenvalue weighted by Crippen LogP contribution is 2.18. The van der Waals surface area contributed by atoms with Crippen molar-refractivity contribution in [1.82, 2.24) is 4.90 Å². The largest absolute Gasteiger partial charge is 0.494 e. The molecule has 1 aromatic rings. The fraction of sp³-hybridized carbons (Fsp3) is 0.588. The number of nitrogens with zero attached hydrogens (tertiary/aromatic N) is 1. The average molecular weight is 339 g/mol. The number of hydrogen-bond donors (Lipinski definition) is 0. The number of piperidine rings is 1. The first-order valence-corrected chi connectivity index (χ1v) is 9.96. The summed E-state index contributed by atoms with van der Waals surface area (Å²) in [5.41, 5.74) is 0. The third-order valence-corrected chi connectivity index (χ3v) is 5.32. The molecule has 1 heterocycles. The summed E-state index contributed by atoms with van der Waals surface area (Å²) >= 11 is 0. The van der Waals surface area contributed by atoms with Gasteiger partial charge in [-0.2, -0.15) is 0 Å². The van der Waals surface area contributed by atoms with E-state index >= 15 is 0 Å². The lowest BCUT2D eigenvalue weighted by molar-refractivity contribution is -0.132. The molecule has 128 valence electrons. The van der Waals surface area contributed by atoms with Gasteiger partial charge in [-0.15, -0.1) is 0 Å². The molecule has 0 unspecified atom stereocenters. The molecule has 1 aliphatic rings. The fourth-order valence-corrected chi connectivity index (χ4v) is 3.24. The summed E-state index contributed by atoms with van der Waals surface area (Å²) in [6.45, 7) is 4.42. The van der Waals surface area contributed by atoms with Gasteiger partial charge in [0.05, 0.1) is 11.5 Å². The minimum atomic E-state index is -3.18. The molecule has 2 rings (SSSR count). The van der Waals surface area contributed by atoms with Crippen molar-refractivity contribution >= 4 is 15.7 Å². The monoisotopic (exact) mass is 339 g/mol. The van der Waals surface area contributed by atoms with Gasteiger partial charge in [0.15, 0.2) is 9.84 Å². The highest BCUT2D eigenvalue weighted by Gasteiger charge is 2.19. The van der Waals surface area contributed by atoms with Crippen molar-refractivity contribution in [3.63, 3.8) is 0 Å². The van der Waals surface area contributed by atoms with E-state index in [1.165, 1.54) is 18.4 Å². The topological polar surface area (TPSA) is 63.7 Å². The Kier molecular flexibility index (Phi) is 6.04. The number of ether oxygens (including phenoxy) is 1. The molecule has 23 heavy (non-hydrogen) atoms. The second-order valence-corrected chi connectivity index (χ2v) is 8.27. The molecule has 1 aliphatic heterocycles. The minimum Gasteiger partial charge on any atom is -0.494 e. The summed E-state index contributed by atoms with van der Waals surface area (Å²) in [6.07, 6.45) is 4.52. The van der Waals surface area contributed by atoms with E-state index in [9.17, 15) is 13.2 Å². The minimum absolute atomic E-state index is 0.202. The Morgan fingerprint density at radius 3 is 2.39 bits per heavy atom. The molecule has 0 aliphatic carbocycles. The zero-order valence-corrected chi connectivity index (χ0v) is 14.6. The highest BCUT2D eigenvalue weighted by molar-refractivity contribution is 7.90. The number of sulfone groups is 1. The van der Waals surface area contributed by atoms with E-state index in [1.807, 2.05) is 4.90 Å². The molecule has 6 heteroatoms. The third-order valence-electron chi connectivity index (χ3n) is 4.19. The molecule has 0 spiro atoms. The molecular formula is C17H25NO4S. The van der Waals surface area contributed by atoms with Crippen LogP contribution in [0.1, 0.15) is 32.6 Å². The smallest absolute Gasteiger partial charge is 0.222 e. The van der Waals surface area contributed by atoms with Gasteiger partial charge in [0, 0.05) is 25.8 Å². The highest BCUT2D eigenvalue weighted by atomic mass is 32.2. The van der Waals surface area contributed by atoms with Gasteiger partial charge in [-0.3, -0.25) is 4.79 Å². The van der Waals surface area contributed by atoms with E-state index in [0.717, 1.165) is 31.8 Å². The van der Waals surface area contributed by atoms with E-state index in [1.54, 1.807) is 12.1 Å². The van der Waals surface area contributed by atoms with Crippen molar-refractivity contribution in [2.75, 3.05) is 26.0 Å². The lowest BCUT2D eigenvalue weighted by Gasteiger charge is -2.30. The first kappa shape index (κ1) is 17.8. The number of amides is 1. The maximum atomic E-state index is 12.1. The third kappa shape index (κ3) is 5.53. The van der Waals surface area contributed by atoms with Crippen LogP contribution in [-0.2, 0) is 14.6 Å². The van der Waals surface area contributed by atoms with Crippen molar-refractivity contribution in [2.45, 2.75) is 37.5 Å². The van der Waals surface area contributed by atoms with Gasteiger partial charge < -0.3 is 9.64 Å². The molecule has 0 saturated carbocycles. The SMILES string of the molecule is CC1CCN(C(=O)CCCOc2ccc(S(C)(=O)=O)cc2)CC1. The lowest BCUT2D eigenvalue weighted by Crippen LogP contribution is -2.37. The van der Waals surface area contributed by atoms with Crippen LogP contribution >= 0.6 is 0 Å². The quantitative estimate of drug-likeness (QED) is 0.747. The van der Waals surface area contributed by atoms with Crippen LogP contribution in [0.2, 0.25) is 0 Å². The van der Waals surface area contributed by atoms with Crippen molar-refractivity contribution in [3.8, 4) is 5.75 Å². The van der Waals surface area contributed by atoms with Gasteiger partial charge in [0.1, 0.15) is 5.75 Å². The molecule has 1 fully saturated rings. The molecule has 0 aromatic heterocycles. The number of benzene rings is 1. The van der Waals surface area contributed by atoms with Crippen molar-refractivity contribution in [2.24, 2.45) is 5.92 Å². The van der Waals surface area contributed by atoms with Gasteiger partial charge in [0.25, 0.3) is 0 Å². The molecule has 0 N–H and O–H groups in total. The predicted octanol–water partition coefficient (Wildman–Crippen LogP) is 2.51. The van der Waals surface area contributed by atoms with E-state index < -0.39 is 9.84 Å². The Hall–Kier alpha value is -1.56. The molecule has 5 nitrogen and oxygen atoms in total. The van der Waals surface area contributed by atoms with E-state index in [0.29, 0.717) is 25.2 Å². The van der Waals surface area contributed by atoms with E-state index in [2.05, 4.69) is 6.92 Å². The second kappa shape index (κ2) is 7.81. The summed E-state index contributed by atoms with van der Waals surface area (Å²) < 4.78 is 28.3. The van der Waals surface area contributed by atoms with Gasteiger partial charge in [-0.05, 0) is 49.4 Å². The second-order valence-electron chi connectivity index (χ2n) is 6.26. The Bertz CT molecular complexity index is 616. The number of carbonyl (C=O) groups excluding carboxylic acids is 1. The lowest BCUT2D eigenvalue weighted by atomic mass is 9.99. The molecule has 1 saturated heterocycles. The van der Waals surface area contributed by atoms with Crippen LogP contribution in [0.4, 0.5) is 0 Å². The molecular weight excluding hydrogens is 314 g/mol. The van der Waals surface area contributed by atoms with E-state index in [4.69, 9.17) is 4.74 Å².